The smallest absolute Gasteiger partial charge is 0.345 e. The molecule has 0 aliphatic carbocycles. The second-order valence-corrected chi connectivity index (χ2v) is 3.84. The molecule has 0 aromatic carbocycles. The van der Waals surface area contributed by atoms with Gasteiger partial charge in [0.1, 0.15) is 0 Å². The predicted molar refractivity (Wildman–Crippen MR) is 40.6 cm³/mol. The van der Waals surface area contributed by atoms with Crippen LogP contribution in [0.1, 0.15) is 19.8 Å². The van der Waals surface area contributed by atoms with Crippen LogP contribution in [0.5, 0.6) is 0 Å². The Balaban J connectivity index is 2.22. The van der Waals surface area contributed by atoms with Crippen LogP contribution in [0.4, 0.5) is 0 Å². The number of esters is 2. The number of rotatable bonds is 0. The van der Waals surface area contributed by atoms with Crippen molar-refractivity contribution in [3.05, 3.63) is 11.1 Å². The molecule has 0 spiro atoms. The van der Waals surface area contributed by atoms with Gasteiger partial charge < -0.3 is 9.47 Å². The Morgan fingerprint density at radius 3 is 2.85 bits per heavy atom. The van der Waals surface area contributed by atoms with Crippen molar-refractivity contribution in [3.8, 4) is 0 Å². The maximum Gasteiger partial charge on any atom is 0.345 e. The minimum absolute atomic E-state index is 0.195. The Morgan fingerprint density at radius 2 is 2.15 bits per heavy atom. The van der Waals surface area contributed by atoms with Crippen LogP contribution in [-0.2, 0) is 19.1 Å². The zero-order valence-corrected chi connectivity index (χ0v) is 7.12. The maximum absolute atomic E-state index is 11.3. The number of carbonyl (C=O) groups excluding carboxylic acids is 2. The van der Waals surface area contributed by atoms with Crippen molar-refractivity contribution in [1.29, 1.82) is 0 Å². The first kappa shape index (κ1) is 7.26. The quantitative estimate of drug-likeness (QED) is 0.398. The van der Waals surface area contributed by atoms with Gasteiger partial charge in [0, 0.05) is 0 Å². The van der Waals surface area contributed by atoms with Crippen molar-refractivity contribution in [1.82, 2.24) is 0 Å². The van der Waals surface area contributed by atoms with Gasteiger partial charge in [-0.15, -0.1) is 0 Å². The molecule has 2 bridgehead atoms. The first-order valence-corrected chi connectivity index (χ1v) is 4.31. The summed E-state index contributed by atoms with van der Waals surface area (Å²) in [6.45, 7) is 1.84. The molecule has 0 saturated carbocycles. The Bertz CT molecular complexity index is 368. The number of fused-ring (bicyclic) bond motifs is 4. The minimum Gasteiger partial charge on any atom is -0.386 e. The molecule has 0 N–H and O–H groups in total. The molecule has 68 valence electrons. The first-order chi connectivity index (χ1) is 6.12. The Morgan fingerprint density at radius 1 is 1.38 bits per heavy atom. The van der Waals surface area contributed by atoms with Crippen molar-refractivity contribution in [2.24, 2.45) is 0 Å². The van der Waals surface area contributed by atoms with Crippen LogP contribution >= 0.6 is 0 Å². The van der Waals surface area contributed by atoms with Gasteiger partial charge in [0.2, 0.25) is 0 Å². The third-order valence-electron chi connectivity index (χ3n) is 3.02. The van der Waals surface area contributed by atoms with Crippen molar-refractivity contribution in [3.63, 3.8) is 0 Å². The van der Waals surface area contributed by atoms with E-state index < -0.39 is 17.5 Å². The van der Waals surface area contributed by atoms with Gasteiger partial charge in [0.15, 0.2) is 0 Å². The second-order valence-electron chi connectivity index (χ2n) is 3.84. The summed E-state index contributed by atoms with van der Waals surface area (Å²) in [7, 11) is 0. The Labute approximate surface area is 74.5 Å². The normalized spacial score (nSPS) is 41.5. The van der Waals surface area contributed by atoms with Gasteiger partial charge in [-0.25, -0.2) is 9.59 Å². The molecule has 13 heavy (non-hydrogen) atoms. The van der Waals surface area contributed by atoms with Gasteiger partial charge in [0.25, 0.3) is 0 Å². The van der Waals surface area contributed by atoms with Gasteiger partial charge in [-0.2, -0.15) is 0 Å². The molecular weight excluding hydrogens is 172 g/mol. The average Bonchev–Trinajstić information content (AvgIpc) is 2.62. The van der Waals surface area contributed by atoms with E-state index in [1.807, 2.05) is 6.92 Å². The monoisotopic (exact) mass is 180 g/mol. The summed E-state index contributed by atoms with van der Waals surface area (Å²) in [6, 6.07) is 0. The fraction of sp³-hybridized carbons (Fsp3) is 0.556. The van der Waals surface area contributed by atoms with E-state index in [9.17, 15) is 9.59 Å². The molecule has 1 saturated heterocycles. The minimum atomic E-state index is -0.552. The van der Waals surface area contributed by atoms with Crippen molar-refractivity contribution in [2.45, 2.75) is 31.5 Å². The van der Waals surface area contributed by atoms with Crippen LogP contribution in [-0.4, -0.2) is 23.6 Å². The second kappa shape index (κ2) is 1.85. The van der Waals surface area contributed by atoms with Crippen LogP contribution in [0.3, 0.4) is 0 Å². The largest absolute Gasteiger partial charge is 0.386 e. The summed E-state index contributed by atoms with van der Waals surface area (Å²) in [6.07, 6.45) is 1.43. The van der Waals surface area contributed by atoms with E-state index in [2.05, 4.69) is 4.74 Å². The zero-order chi connectivity index (χ0) is 9.22. The predicted octanol–water partition coefficient (Wildman–Crippen LogP) is 0.318. The molecule has 3 aliphatic rings. The molecule has 0 aromatic heterocycles. The SMILES string of the molecule is C[C@@]12CC[C@@H](O1)C1=C2C(=O)OC1=O. The van der Waals surface area contributed by atoms with E-state index >= 15 is 0 Å². The van der Waals surface area contributed by atoms with Crippen LogP contribution in [0, 0.1) is 0 Å². The number of ether oxygens (including phenoxy) is 2. The summed E-state index contributed by atoms with van der Waals surface area (Å²) >= 11 is 0. The molecule has 0 unspecified atom stereocenters. The van der Waals surface area contributed by atoms with E-state index in [0.717, 1.165) is 12.8 Å². The molecule has 0 aromatic rings. The molecule has 0 amide bonds. The molecule has 3 aliphatic heterocycles. The van der Waals surface area contributed by atoms with E-state index in [4.69, 9.17) is 4.74 Å². The highest BCUT2D eigenvalue weighted by molar-refractivity contribution is 6.15. The topological polar surface area (TPSA) is 52.6 Å². The van der Waals surface area contributed by atoms with Crippen LogP contribution in [0.25, 0.3) is 0 Å². The first-order valence-electron chi connectivity index (χ1n) is 4.31. The highest BCUT2D eigenvalue weighted by Gasteiger charge is 2.58. The third kappa shape index (κ3) is 0.659. The van der Waals surface area contributed by atoms with E-state index in [0.29, 0.717) is 11.1 Å². The molecule has 2 atom stereocenters. The Hall–Kier alpha value is -1.16. The van der Waals surface area contributed by atoms with Crippen molar-refractivity contribution >= 4 is 11.9 Å². The number of cyclic esters (lactones) is 2. The summed E-state index contributed by atoms with van der Waals surface area (Å²) in [5, 5.41) is 0. The molecule has 1 fully saturated rings. The average molecular weight is 180 g/mol. The fourth-order valence-corrected chi connectivity index (χ4v) is 2.42. The zero-order valence-electron chi connectivity index (χ0n) is 7.12. The lowest BCUT2D eigenvalue weighted by molar-refractivity contribution is -0.153. The molecule has 4 nitrogen and oxygen atoms in total. The number of hydrogen-bond acceptors (Lipinski definition) is 4. The fourth-order valence-electron chi connectivity index (χ4n) is 2.42. The molecule has 3 heterocycles. The molecule has 4 heteroatoms. The summed E-state index contributed by atoms with van der Waals surface area (Å²) < 4.78 is 10.1. The Kier molecular flexibility index (Phi) is 1.03. The van der Waals surface area contributed by atoms with Gasteiger partial charge in [-0.05, 0) is 19.8 Å². The van der Waals surface area contributed by atoms with Gasteiger partial charge in [0.05, 0.1) is 22.9 Å². The van der Waals surface area contributed by atoms with E-state index in [1.54, 1.807) is 0 Å². The molecular formula is C9H8O4. The maximum atomic E-state index is 11.3. The summed E-state index contributed by atoms with van der Waals surface area (Å²) in [4.78, 5) is 22.5. The van der Waals surface area contributed by atoms with Gasteiger partial charge in [-0.3, -0.25) is 0 Å². The van der Waals surface area contributed by atoms with Crippen molar-refractivity contribution < 1.29 is 19.1 Å². The highest BCUT2D eigenvalue weighted by Crippen LogP contribution is 2.50. The van der Waals surface area contributed by atoms with Crippen LogP contribution in [0.15, 0.2) is 11.1 Å². The van der Waals surface area contributed by atoms with Crippen LogP contribution in [0.2, 0.25) is 0 Å². The van der Waals surface area contributed by atoms with E-state index in [-0.39, 0.29) is 6.10 Å². The third-order valence-corrected chi connectivity index (χ3v) is 3.02. The molecule has 3 rings (SSSR count). The lowest BCUT2D eigenvalue weighted by Crippen LogP contribution is -2.27. The van der Waals surface area contributed by atoms with Crippen molar-refractivity contribution in [2.75, 3.05) is 0 Å². The number of hydrogen-bond donors (Lipinski definition) is 0. The highest BCUT2D eigenvalue weighted by atomic mass is 16.6. The molecule has 0 radical (unpaired) electrons. The number of carbonyl (C=O) groups is 2. The van der Waals surface area contributed by atoms with Gasteiger partial charge >= 0.3 is 11.9 Å². The standard InChI is InChI=1S/C9H8O4/c1-9-3-2-4(13-9)5-6(9)8(11)12-7(5)10/h4H,2-3H2,1H3/t4-,9+/m1/s1. The van der Waals surface area contributed by atoms with Gasteiger partial charge in [-0.1, -0.05) is 0 Å². The van der Waals surface area contributed by atoms with Crippen LogP contribution < -0.4 is 0 Å². The lowest BCUT2D eigenvalue weighted by atomic mass is 9.84. The summed E-state index contributed by atoms with van der Waals surface area (Å²) in [5.74, 6) is -1.02. The summed E-state index contributed by atoms with van der Waals surface area (Å²) in [5.41, 5.74) is 0.385. The van der Waals surface area contributed by atoms with E-state index in [1.165, 1.54) is 0 Å². The lowest BCUT2D eigenvalue weighted by Gasteiger charge is -2.19.